The maximum absolute atomic E-state index is 12.0. The second-order valence-corrected chi connectivity index (χ2v) is 6.15. The Balaban J connectivity index is 4.48. The molecule has 0 bridgehead atoms. The Hall–Kier alpha value is -0.560. The number of thioether (sulfide) groups is 2. The Labute approximate surface area is 123 Å². The van der Waals surface area contributed by atoms with Gasteiger partial charge in [0.15, 0.2) is 0 Å². The monoisotopic (exact) mass is 308 g/mol. The van der Waals surface area contributed by atoms with Crippen LogP contribution in [0.25, 0.3) is 0 Å². The van der Waals surface area contributed by atoms with Gasteiger partial charge in [-0.25, -0.2) is 9.59 Å². The highest BCUT2D eigenvalue weighted by Crippen LogP contribution is 2.09. The molecule has 2 amide bonds. The molecule has 112 valence electrons. The lowest BCUT2D eigenvalue weighted by Gasteiger charge is -2.28. The number of carboxylic acid groups (broad SMARTS) is 1. The van der Waals surface area contributed by atoms with E-state index < -0.39 is 12.0 Å². The van der Waals surface area contributed by atoms with Crippen LogP contribution in [0.3, 0.4) is 0 Å². The minimum Gasteiger partial charge on any atom is -0.480 e. The molecule has 5 nitrogen and oxygen atoms in total. The third-order valence-corrected chi connectivity index (χ3v) is 4.27. The molecule has 2 N–H and O–H groups in total. The fourth-order valence-electron chi connectivity index (χ4n) is 1.61. The normalized spacial score (nSPS) is 13.7. The topological polar surface area (TPSA) is 69.6 Å². The van der Waals surface area contributed by atoms with E-state index in [0.717, 1.165) is 12.2 Å². The quantitative estimate of drug-likeness (QED) is 0.681. The van der Waals surface area contributed by atoms with E-state index in [2.05, 4.69) is 5.32 Å². The van der Waals surface area contributed by atoms with Crippen molar-refractivity contribution in [2.75, 3.05) is 31.1 Å². The highest BCUT2D eigenvalue weighted by atomic mass is 32.2. The highest BCUT2D eigenvalue weighted by molar-refractivity contribution is 7.98. The van der Waals surface area contributed by atoms with Crippen molar-refractivity contribution < 1.29 is 14.7 Å². The van der Waals surface area contributed by atoms with Gasteiger partial charge in [0.2, 0.25) is 0 Å². The summed E-state index contributed by atoms with van der Waals surface area (Å²) < 4.78 is 0. The summed E-state index contributed by atoms with van der Waals surface area (Å²) in [5.41, 5.74) is 0. The fraction of sp³-hybridized carbons (Fsp3) is 0.833. The number of carbonyl (C=O) groups is 2. The number of carbonyl (C=O) groups excluding carboxylic acids is 1. The molecule has 0 fully saturated rings. The summed E-state index contributed by atoms with van der Waals surface area (Å²) in [4.78, 5) is 24.7. The minimum atomic E-state index is -0.978. The van der Waals surface area contributed by atoms with Crippen LogP contribution >= 0.6 is 23.5 Å². The average Bonchev–Trinajstić information content (AvgIpc) is 2.39. The van der Waals surface area contributed by atoms with E-state index in [9.17, 15) is 9.59 Å². The summed E-state index contributed by atoms with van der Waals surface area (Å²) in [6.45, 7) is 2.02. The third-order valence-electron chi connectivity index (χ3n) is 2.90. The van der Waals surface area contributed by atoms with Crippen LogP contribution in [0.5, 0.6) is 0 Å². The number of nitrogens with zero attached hydrogens (tertiary/aromatic N) is 1. The first-order valence-corrected chi connectivity index (χ1v) is 9.00. The van der Waals surface area contributed by atoms with Crippen molar-refractivity contribution in [1.82, 2.24) is 10.2 Å². The lowest BCUT2D eigenvalue weighted by atomic mass is 10.2. The molecule has 0 aliphatic carbocycles. The summed E-state index contributed by atoms with van der Waals surface area (Å²) in [6, 6.07) is -0.992. The third kappa shape index (κ3) is 6.96. The van der Waals surface area contributed by atoms with Crippen LogP contribution in [-0.4, -0.2) is 65.2 Å². The Morgan fingerprint density at radius 2 is 1.95 bits per heavy atom. The van der Waals surface area contributed by atoms with Crippen LogP contribution in [0.4, 0.5) is 4.79 Å². The molecule has 0 aliphatic rings. The summed E-state index contributed by atoms with van der Waals surface area (Å²) in [5, 5.41) is 11.7. The second-order valence-electron chi connectivity index (χ2n) is 4.25. The average molecular weight is 308 g/mol. The van der Waals surface area contributed by atoms with E-state index in [4.69, 9.17) is 5.11 Å². The zero-order valence-electron chi connectivity index (χ0n) is 12.0. The summed E-state index contributed by atoms with van der Waals surface area (Å²) in [5.74, 6) is 0.583. The number of aliphatic carboxylic acids is 1. The lowest BCUT2D eigenvalue weighted by molar-refractivity contribution is -0.139. The van der Waals surface area contributed by atoms with Crippen LogP contribution in [0.2, 0.25) is 0 Å². The molecule has 7 heteroatoms. The predicted molar refractivity (Wildman–Crippen MR) is 83.2 cm³/mol. The maximum Gasteiger partial charge on any atom is 0.326 e. The molecule has 0 aromatic heterocycles. The number of hydrogen-bond donors (Lipinski definition) is 2. The molecule has 0 spiro atoms. The standard InChI is InChI=1S/C12H24N2O3S2/c1-5-9(8-19-4)14(2)12(17)13-10(11(15)16)6-7-18-3/h9-10H,5-8H2,1-4H3,(H,13,17)(H,15,16). The number of urea groups is 1. The van der Waals surface area contributed by atoms with Crippen molar-refractivity contribution in [2.24, 2.45) is 0 Å². The number of nitrogens with one attached hydrogen (secondary N) is 1. The van der Waals surface area contributed by atoms with Gasteiger partial charge in [0, 0.05) is 18.8 Å². The van der Waals surface area contributed by atoms with Crippen LogP contribution in [0.1, 0.15) is 19.8 Å². The Bertz CT molecular complexity index is 290. The fourth-order valence-corrected chi connectivity index (χ4v) is 2.92. The summed E-state index contributed by atoms with van der Waals surface area (Å²) in [6.07, 6.45) is 5.20. The first kappa shape index (κ1) is 18.4. The van der Waals surface area contributed by atoms with E-state index in [1.54, 1.807) is 35.5 Å². The highest BCUT2D eigenvalue weighted by Gasteiger charge is 2.24. The van der Waals surface area contributed by atoms with Crippen molar-refractivity contribution in [3.05, 3.63) is 0 Å². The van der Waals surface area contributed by atoms with Gasteiger partial charge in [0.25, 0.3) is 0 Å². The number of amides is 2. The molecular weight excluding hydrogens is 284 g/mol. The van der Waals surface area contributed by atoms with Gasteiger partial charge in [-0.05, 0) is 31.1 Å². The molecule has 0 aliphatic heterocycles. The van der Waals surface area contributed by atoms with Gasteiger partial charge in [0.05, 0.1) is 0 Å². The van der Waals surface area contributed by atoms with Gasteiger partial charge in [0.1, 0.15) is 6.04 Å². The van der Waals surface area contributed by atoms with Crippen molar-refractivity contribution in [1.29, 1.82) is 0 Å². The second kappa shape index (κ2) is 10.3. The largest absolute Gasteiger partial charge is 0.480 e. The van der Waals surface area contributed by atoms with Crippen LogP contribution in [0.15, 0.2) is 0 Å². The number of rotatable bonds is 9. The molecule has 0 aromatic carbocycles. The van der Waals surface area contributed by atoms with Crippen molar-refractivity contribution >= 4 is 35.5 Å². The van der Waals surface area contributed by atoms with Crippen LogP contribution in [0, 0.1) is 0 Å². The summed E-state index contributed by atoms with van der Waals surface area (Å²) >= 11 is 3.25. The Morgan fingerprint density at radius 1 is 1.32 bits per heavy atom. The van der Waals surface area contributed by atoms with E-state index in [1.807, 2.05) is 19.4 Å². The predicted octanol–water partition coefficient (Wildman–Crippen LogP) is 1.98. The first-order valence-electron chi connectivity index (χ1n) is 6.21. The summed E-state index contributed by atoms with van der Waals surface area (Å²) in [7, 11) is 1.72. The Morgan fingerprint density at radius 3 is 2.37 bits per heavy atom. The van der Waals surface area contributed by atoms with Crippen molar-refractivity contribution in [3.63, 3.8) is 0 Å². The van der Waals surface area contributed by atoms with E-state index >= 15 is 0 Å². The van der Waals surface area contributed by atoms with Crippen LogP contribution < -0.4 is 5.32 Å². The van der Waals surface area contributed by atoms with E-state index in [-0.39, 0.29) is 12.1 Å². The molecule has 0 radical (unpaired) electrons. The van der Waals surface area contributed by atoms with Gasteiger partial charge < -0.3 is 15.3 Å². The molecule has 0 aromatic rings. The van der Waals surface area contributed by atoms with E-state index in [0.29, 0.717) is 12.2 Å². The van der Waals surface area contributed by atoms with Gasteiger partial charge in [-0.15, -0.1) is 0 Å². The molecule has 19 heavy (non-hydrogen) atoms. The van der Waals surface area contributed by atoms with Gasteiger partial charge in [-0.2, -0.15) is 23.5 Å². The van der Waals surface area contributed by atoms with Crippen molar-refractivity contribution in [2.45, 2.75) is 31.8 Å². The number of hydrogen-bond acceptors (Lipinski definition) is 4. The zero-order chi connectivity index (χ0) is 14.8. The molecule has 0 heterocycles. The molecule has 2 unspecified atom stereocenters. The Kier molecular flexibility index (Phi) is 9.95. The number of carboxylic acids is 1. The van der Waals surface area contributed by atoms with E-state index in [1.165, 1.54) is 0 Å². The molecule has 2 atom stereocenters. The SMILES string of the molecule is CCC(CSC)N(C)C(=O)NC(CCSC)C(=O)O. The molecule has 0 saturated heterocycles. The minimum absolute atomic E-state index is 0.130. The van der Waals surface area contributed by atoms with Crippen molar-refractivity contribution in [3.8, 4) is 0 Å². The van der Waals surface area contributed by atoms with Crippen LogP contribution in [-0.2, 0) is 4.79 Å². The molecular formula is C12H24N2O3S2. The first-order chi connectivity index (χ1) is 8.97. The van der Waals surface area contributed by atoms with Gasteiger partial charge in [-0.1, -0.05) is 6.92 Å². The zero-order valence-corrected chi connectivity index (χ0v) is 13.6. The molecule has 0 rings (SSSR count). The lowest BCUT2D eigenvalue weighted by Crippen LogP contribution is -2.50. The van der Waals surface area contributed by atoms with Gasteiger partial charge in [-0.3, -0.25) is 0 Å². The molecule has 0 saturated carbocycles. The smallest absolute Gasteiger partial charge is 0.326 e. The maximum atomic E-state index is 12.0. The van der Waals surface area contributed by atoms with Gasteiger partial charge >= 0.3 is 12.0 Å².